The van der Waals surface area contributed by atoms with Crippen molar-refractivity contribution in [1.29, 1.82) is 5.26 Å². The van der Waals surface area contributed by atoms with Gasteiger partial charge in [-0.1, -0.05) is 36.4 Å². The molecule has 1 aromatic heterocycles. The van der Waals surface area contributed by atoms with Crippen LogP contribution in [0.3, 0.4) is 0 Å². The van der Waals surface area contributed by atoms with Crippen LogP contribution in [0.15, 0.2) is 60.8 Å². The number of carbonyl (C=O) groups is 1. The normalized spacial score (nSPS) is 10.2. The summed E-state index contributed by atoms with van der Waals surface area (Å²) in [6.45, 7) is -0.0758. The van der Waals surface area contributed by atoms with Gasteiger partial charge in [0.05, 0.1) is 11.1 Å². The second-order valence-electron chi connectivity index (χ2n) is 4.54. The minimum Gasteiger partial charge on any atom is -0.484 e. The summed E-state index contributed by atoms with van der Waals surface area (Å²) < 4.78 is 6.93. The van der Waals surface area contributed by atoms with E-state index in [0.29, 0.717) is 11.3 Å². The van der Waals surface area contributed by atoms with Gasteiger partial charge in [0.25, 0.3) is 5.91 Å². The molecule has 0 saturated carbocycles. The number of fused-ring (bicyclic) bond motifs is 1. The maximum atomic E-state index is 12.3. The fourth-order valence-corrected chi connectivity index (χ4v) is 2.21. The Morgan fingerprint density at radius 1 is 1.10 bits per heavy atom. The highest BCUT2D eigenvalue weighted by molar-refractivity contribution is 5.96. The molecule has 0 fully saturated rings. The summed E-state index contributed by atoms with van der Waals surface area (Å²) in [7, 11) is 0. The number of benzene rings is 2. The highest BCUT2D eigenvalue weighted by atomic mass is 16.5. The number of nitrogens with zero attached hydrogens (tertiary/aromatic N) is 2. The first-order valence-electron chi connectivity index (χ1n) is 6.51. The summed E-state index contributed by atoms with van der Waals surface area (Å²) in [5, 5.41) is 9.90. The minimum atomic E-state index is -0.212. The number of rotatable bonds is 3. The number of ether oxygens (including phenoxy) is 1. The lowest BCUT2D eigenvalue weighted by atomic mass is 10.2. The third-order valence-electron chi connectivity index (χ3n) is 3.21. The minimum absolute atomic E-state index is 0.0758. The first-order chi connectivity index (χ1) is 10.3. The predicted octanol–water partition coefficient (Wildman–Crippen LogP) is 3.23. The van der Waals surface area contributed by atoms with Crippen molar-refractivity contribution in [3.63, 3.8) is 0 Å². The van der Waals surface area contributed by atoms with Gasteiger partial charge in [0, 0.05) is 11.6 Å². The van der Waals surface area contributed by atoms with Gasteiger partial charge in [-0.25, -0.2) is 0 Å². The molecule has 0 spiro atoms. The average Bonchev–Trinajstić information content (AvgIpc) is 2.92. The van der Waals surface area contributed by atoms with E-state index in [9.17, 15) is 4.79 Å². The van der Waals surface area contributed by atoms with Crippen LogP contribution in [0.1, 0.15) is 10.4 Å². The first kappa shape index (κ1) is 12.9. The van der Waals surface area contributed by atoms with Gasteiger partial charge in [-0.2, -0.15) is 5.26 Å². The Kier molecular flexibility index (Phi) is 3.40. The Morgan fingerprint density at radius 3 is 2.57 bits per heavy atom. The molecule has 0 bridgehead atoms. The number of carbonyl (C=O) groups excluding carboxylic acids is 1. The van der Waals surface area contributed by atoms with E-state index in [0.717, 1.165) is 10.9 Å². The Balaban J connectivity index is 1.87. The Hall–Kier alpha value is -3.06. The summed E-state index contributed by atoms with van der Waals surface area (Å²) in [6.07, 6.45) is 1.56. The van der Waals surface area contributed by atoms with Crippen molar-refractivity contribution in [1.82, 2.24) is 4.57 Å². The van der Waals surface area contributed by atoms with E-state index in [2.05, 4.69) is 6.07 Å². The Morgan fingerprint density at radius 2 is 1.81 bits per heavy atom. The van der Waals surface area contributed by atoms with Crippen LogP contribution < -0.4 is 4.74 Å². The molecule has 0 atom stereocenters. The van der Waals surface area contributed by atoms with Gasteiger partial charge >= 0.3 is 0 Å². The number of hydrogen-bond donors (Lipinski definition) is 0. The van der Waals surface area contributed by atoms with E-state index >= 15 is 0 Å². The van der Waals surface area contributed by atoms with Crippen LogP contribution in [0, 0.1) is 11.3 Å². The molecule has 0 aliphatic heterocycles. The topological polar surface area (TPSA) is 55.0 Å². The van der Waals surface area contributed by atoms with Crippen molar-refractivity contribution in [2.24, 2.45) is 0 Å². The highest BCUT2D eigenvalue weighted by Crippen LogP contribution is 2.20. The molecule has 4 heteroatoms. The molecule has 4 nitrogen and oxygen atoms in total. The Bertz CT molecular complexity index is 829. The molecular formula is C17H12N2O2. The molecule has 3 aromatic rings. The summed E-state index contributed by atoms with van der Waals surface area (Å²) in [5.41, 5.74) is 1.20. The van der Waals surface area contributed by atoms with Crippen LogP contribution in [0.2, 0.25) is 0 Å². The van der Waals surface area contributed by atoms with Crippen molar-refractivity contribution >= 4 is 16.8 Å². The van der Waals surface area contributed by atoms with Crippen LogP contribution in [-0.2, 0) is 0 Å². The predicted molar refractivity (Wildman–Crippen MR) is 79.2 cm³/mol. The first-order valence-corrected chi connectivity index (χ1v) is 6.51. The van der Waals surface area contributed by atoms with E-state index in [1.54, 1.807) is 18.3 Å². The number of aromatic nitrogens is 1. The molecule has 21 heavy (non-hydrogen) atoms. The maximum absolute atomic E-state index is 12.3. The largest absolute Gasteiger partial charge is 0.484 e. The molecule has 1 heterocycles. The molecule has 0 aliphatic carbocycles. The molecule has 102 valence electrons. The molecule has 0 amide bonds. The fraction of sp³-hybridized carbons (Fsp3) is 0.0588. The van der Waals surface area contributed by atoms with Crippen LogP contribution in [0.4, 0.5) is 0 Å². The zero-order valence-electron chi connectivity index (χ0n) is 11.2. The molecule has 0 N–H and O–H groups in total. The Labute approximate surface area is 121 Å². The number of hydrogen-bond acceptors (Lipinski definition) is 3. The van der Waals surface area contributed by atoms with Gasteiger partial charge in [-0.3, -0.25) is 9.36 Å². The molecule has 0 aliphatic rings. The van der Waals surface area contributed by atoms with Crippen LogP contribution in [0.5, 0.6) is 5.75 Å². The second-order valence-corrected chi connectivity index (χ2v) is 4.54. The van der Waals surface area contributed by atoms with E-state index in [-0.39, 0.29) is 12.5 Å². The standard InChI is InChI=1S/C17H12N2O2/c18-10-13-11-19(16-9-5-4-8-15(13)16)17(20)12-21-14-6-2-1-3-7-14/h1-9,11H,12H2. The van der Waals surface area contributed by atoms with Crippen molar-refractivity contribution in [2.45, 2.75) is 0 Å². The van der Waals surface area contributed by atoms with Gasteiger partial charge in [0.15, 0.2) is 6.61 Å². The summed E-state index contributed by atoms with van der Waals surface area (Å²) in [5.74, 6) is 0.430. The molecule has 3 rings (SSSR count). The van der Waals surface area contributed by atoms with E-state index in [1.165, 1.54) is 4.57 Å². The van der Waals surface area contributed by atoms with E-state index in [4.69, 9.17) is 10.00 Å². The zero-order chi connectivity index (χ0) is 14.7. The monoisotopic (exact) mass is 276 g/mol. The molecule has 0 saturated heterocycles. The van der Waals surface area contributed by atoms with Gasteiger partial charge in [-0.05, 0) is 18.2 Å². The lowest BCUT2D eigenvalue weighted by molar-refractivity contribution is 0.0843. The summed E-state index contributed by atoms with van der Waals surface area (Å²) in [6, 6.07) is 18.6. The summed E-state index contributed by atoms with van der Waals surface area (Å²) in [4.78, 5) is 12.3. The van der Waals surface area contributed by atoms with Crippen LogP contribution in [-0.4, -0.2) is 17.1 Å². The lowest BCUT2D eigenvalue weighted by Crippen LogP contribution is -2.18. The van der Waals surface area contributed by atoms with Gasteiger partial charge < -0.3 is 4.74 Å². The van der Waals surface area contributed by atoms with Crippen molar-refractivity contribution in [3.8, 4) is 11.8 Å². The summed E-state index contributed by atoms with van der Waals surface area (Å²) >= 11 is 0. The highest BCUT2D eigenvalue weighted by Gasteiger charge is 2.13. The third kappa shape index (κ3) is 2.49. The fourth-order valence-electron chi connectivity index (χ4n) is 2.21. The van der Waals surface area contributed by atoms with Crippen molar-refractivity contribution in [3.05, 3.63) is 66.4 Å². The molecular weight excluding hydrogens is 264 g/mol. The SMILES string of the molecule is N#Cc1cn(C(=O)COc2ccccc2)c2ccccc12. The quantitative estimate of drug-likeness (QED) is 0.738. The average molecular weight is 276 g/mol. The second kappa shape index (κ2) is 5.51. The molecule has 0 radical (unpaired) electrons. The number of para-hydroxylation sites is 2. The van der Waals surface area contributed by atoms with Gasteiger partial charge in [0.1, 0.15) is 11.8 Å². The van der Waals surface area contributed by atoms with Crippen molar-refractivity contribution < 1.29 is 9.53 Å². The third-order valence-corrected chi connectivity index (χ3v) is 3.21. The maximum Gasteiger partial charge on any atom is 0.269 e. The van der Waals surface area contributed by atoms with Crippen LogP contribution >= 0.6 is 0 Å². The number of nitriles is 1. The van der Waals surface area contributed by atoms with Gasteiger partial charge in [0.2, 0.25) is 0 Å². The smallest absolute Gasteiger partial charge is 0.269 e. The van der Waals surface area contributed by atoms with Gasteiger partial charge in [-0.15, -0.1) is 0 Å². The van der Waals surface area contributed by atoms with Crippen molar-refractivity contribution in [2.75, 3.05) is 6.61 Å². The van der Waals surface area contributed by atoms with E-state index in [1.807, 2.05) is 42.5 Å². The zero-order valence-corrected chi connectivity index (χ0v) is 11.2. The van der Waals surface area contributed by atoms with E-state index < -0.39 is 0 Å². The lowest BCUT2D eigenvalue weighted by Gasteiger charge is -2.06. The molecule has 0 unspecified atom stereocenters. The van der Waals surface area contributed by atoms with Crippen LogP contribution in [0.25, 0.3) is 10.9 Å². The molecule has 2 aromatic carbocycles.